The number of hydrogen-bond acceptors (Lipinski definition) is 3. The molecule has 0 unspecified atom stereocenters. The molecule has 3 rings (SSSR count). The number of nitrogens with one attached hydrogen (secondary N) is 1. The highest BCUT2D eigenvalue weighted by Gasteiger charge is 2.14. The molecule has 0 radical (unpaired) electrons. The molecule has 1 N–H and O–H groups in total. The van der Waals surface area contributed by atoms with Crippen molar-refractivity contribution in [3.8, 4) is 10.4 Å². The lowest BCUT2D eigenvalue weighted by Gasteiger charge is -2.19. The van der Waals surface area contributed by atoms with Crippen LogP contribution in [0.4, 0.5) is 5.00 Å². The molecule has 0 spiro atoms. The summed E-state index contributed by atoms with van der Waals surface area (Å²) in [6.45, 7) is 10.8. The van der Waals surface area contributed by atoms with Crippen LogP contribution in [0.2, 0.25) is 0 Å². The Hall–Kier alpha value is -2.07. The van der Waals surface area contributed by atoms with E-state index in [2.05, 4.69) is 61.3 Å². The molecule has 138 valence electrons. The van der Waals surface area contributed by atoms with Gasteiger partial charge < -0.3 is 10.2 Å². The highest BCUT2D eigenvalue weighted by Crippen LogP contribution is 2.33. The van der Waals surface area contributed by atoms with Crippen molar-refractivity contribution in [2.75, 3.05) is 18.4 Å². The van der Waals surface area contributed by atoms with Crippen molar-refractivity contribution in [2.24, 2.45) is 0 Å². The maximum Gasteiger partial charge on any atom is 0.250 e. The fourth-order valence-electron chi connectivity index (χ4n) is 3.20. The van der Waals surface area contributed by atoms with Crippen molar-refractivity contribution in [3.05, 3.63) is 53.7 Å². The average Bonchev–Trinajstić information content (AvgIpc) is 3.26. The van der Waals surface area contributed by atoms with Crippen LogP contribution in [0, 0.1) is 0 Å². The van der Waals surface area contributed by atoms with E-state index >= 15 is 0 Å². The standard InChI is InChI=1S/C22H28N2OS/c1-16(24-13-5-6-14-24)15-20(25)23-21-12-11-19(26-21)17-7-9-18(10-8-17)22(2,3)4/h7-12,15H,5-6,13-14H2,1-4H3,(H,23,25). The minimum atomic E-state index is -0.0501. The van der Waals surface area contributed by atoms with Gasteiger partial charge in [-0.25, -0.2) is 0 Å². The van der Waals surface area contributed by atoms with E-state index in [1.807, 2.05) is 13.0 Å². The van der Waals surface area contributed by atoms with Gasteiger partial charge in [0, 0.05) is 29.7 Å². The summed E-state index contributed by atoms with van der Waals surface area (Å²) in [5, 5.41) is 3.88. The lowest BCUT2D eigenvalue weighted by Crippen LogP contribution is -2.19. The lowest BCUT2D eigenvalue weighted by molar-refractivity contribution is -0.112. The Morgan fingerprint density at radius 2 is 1.73 bits per heavy atom. The van der Waals surface area contributed by atoms with E-state index < -0.39 is 0 Å². The summed E-state index contributed by atoms with van der Waals surface area (Å²) in [5.41, 5.74) is 3.72. The first-order valence-electron chi connectivity index (χ1n) is 9.28. The summed E-state index contributed by atoms with van der Waals surface area (Å²) in [5.74, 6) is -0.0501. The Labute approximate surface area is 160 Å². The largest absolute Gasteiger partial charge is 0.375 e. The Bertz CT molecular complexity index is 790. The molecule has 3 nitrogen and oxygen atoms in total. The van der Waals surface area contributed by atoms with Crippen LogP contribution < -0.4 is 5.32 Å². The number of anilines is 1. The van der Waals surface area contributed by atoms with Crippen molar-refractivity contribution < 1.29 is 4.79 Å². The molecule has 0 saturated carbocycles. The van der Waals surface area contributed by atoms with E-state index in [-0.39, 0.29) is 11.3 Å². The third-order valence-corrected chi connectivity index (χ3v) is 5.88. The summed E-state index contributed by atoms with van der Waals surface area (Å²) in [7, 11) is 0. The summed E-state index contributed by atoms with van der Waals surface area (Å²) in [6.07, 6.45) is 4.15. The predicted octanol–water partition coefficient (Wildman–Crippen LogP) is 5.65. The normalized spacial score (nSPS) is 15.4. The molecule has 1 aromatic heterocycles. The van der Waals surface area contributed by atoms with E-state index in [1.165, 1.54) is 28.8 Å². The maximum absolute atomic E-state index is 12.3. The minimum absolute atomic E-state index is 0.0501. The van der Waals surface area contributed by atoms with Crippen molar-refractivity contribution >= 4 is 22.2 Å². The fraction of sp³-hybridized carbons (Fsp3) is 0.409. The maximum atomic E-state index is 12.3. The van der Waals surface area contributed by atoms with Crippen LogP contribution in [-0.4, -0.2) is 23.9 Å². The van der Waals surface area contributed by atoms with Crippen LogP contribution in [0.1, 0.15) is 46.1 Å². The average molecular weight is 369 g/mol. The van der Waals surface area contributed by atoms with Crippen LogP contribution >= 0.6 is 11.3 Å². The zero-order chi connectivity index (χ0) is 18.7. The number of carbonyl (C=O) groups excluding carboxylic acids is 1. The third kappa shape index (κ3) is 4.55. The Morgan fingerprint density at radius 3 is 2.35 bits per heavy atom. The monoisotopic (exact) mass is 368 g/mol. The van der Waals surface area contributed by atoms with Crippen molar-refractivity contribution in [3.63, 3.8) is 0 Å². The van der Waals surface area contributed by atoms with Crippen LogP contribution in [0.25, 0.3) is 10.4 Å². The van der Waals surface area contributed by atoms with Gasteiger partial charge in [0.25, 0.3) is 5.91 Å². The molecule has 1 amide bonds. The van der Waals surface area contributed by atoms with E-state index in [4.69, 9.17) is 0 Å². The molecule has 26 heavy (non-hydrogen) atoms. The van der Waals surface area contributed by atoms with E-state index in [1.54, 1.807) is 17.4 Å². The number of hydrogen-bond donors (Lipinski definition) is 1. The van der Waals surface area contributed by atoms with Gasteiger partial charge in [-0.2, -0.15) is 0 Å². The van der Waals surface area contributed by atoms with E-state index in [9.17, 15) is 4.79 Å². The Balaban J connectivity index is 1.66. The molecule has 4 heteroatoms. The molecule has 1 aromatic carbocycles. The molecule has 2 heterocycles. The number of nitrogens with zero attached hydrogens (tertiary/aromatic N) is 1. The number of likely N-dealkylation sites (tertiary alicyclic amines) is 1. The van der Waals surface area contributed by atoms with Gasteiger partial charge in [-0.3, -0.25) is 4.79 Å². The van der Waals surface area contributed by atoms with Gasteiger partial charge >= 0.3 is 0 Å². The molecule has 1 aliphatic rings. The third-order valence-electron chi connectivity index (χ3n) is 4.83. The van der Waals surface area contributed by atoms with Gasteiger partial charge in [-0.15, -0.1) is 11.3 Å². The van der Waals surface area contributed by atoms with E-state index in [0.717, 1.165) is 23.8 Å². The van der Waals surface area contributed by atoms with Crippen LogP contribution in [-0.2, 0) is 10.2 Å². The second-order valence-corrected chi connectivity index (χ2v) is 9.04. The zero-order valence-corrected chi connectivity index (χ0v) is 17.0. The number of benzene rings is 1. The Morgan fingerprint density at radius 1 is 1.08 bits per heavy atom. The van der Waals surface area contributed by atoms with Crippen molar-refractivity contribution in [1.29, 1.82) is 0 Å². The van der Waals surface area contributed by atoms with Gasteiger partial charge in [0.2, 0.25) is 0 Å². The first-order chi connectivity index (χ1) is 12.3. The van der Waals surface area contributed by atoms with Gasteiger partial charge in [0.1, 0.15) is 0 Å². The van der Waals surface area contributed by atoms with Crippen molar-refractivity contribution in [2.45, 2.75) is 46.0 Å². The summed E-state index contributed by atoms with van der Waals surface area (Å²) in [4.78, 5) is 15.7. The highest BCUT2D eigenvalue weighted by molar-refractivity contribution is 7.19. The van der Waals surface area contributed by atoms with Crippen LogP contribution in [0.15, 0.2) is 48.2 Å². The molecule has 1 saturated heterocycles. The quantitative estimate of drug-likeness (QED) is 0.707. The molecule has 0 atom stereocenters. The number of rotatable bonds is 4. The molecular weight excluding hydrogens is 340 g/mol. The molecule has 1 fully saturated rings. The fourth-order valence-corrected chi connectivity index (χ4v) is 4.12. The number of carbonyl (C=O) groups is 1. The van der Waals surface area contributed by atoms with Gasteiger partial charge in [-0.05, 0) is 48.4 Å². The molecule has 0 bridgehead atoms. The molecular formula is C22H28N2OS. The second-order valence-electron chi connectivity index (χ2n) is 7.96. The second kappa shape index (κ2) is 7.67. The molecule has 2 aromatic rings. The number of allylic oxidation sites excluding steroid dienone is 1. The summed E-state index contributed by atoms with van der Waals surface area (Å²) >= 11 is 1.61. The Kier molecular flexibility index (Phi) is 5.52. The van der Waals surface area contributed by atoms with Crippen molar-refractivity contribution in [1.82, 2.24) is 4.90 Å². The summed E-state index contributed by atoms with van der Waals surface area (Å²) < 4.78 is 0. The highest BCUT2D eigenvalue weighted by atomic mass is 32.1. The van der Waals surface area contributed by atoms with Gasteiger partial charge in [0.05, 0.1) is 5.00 Å². The smallest absolute Gasteiger partial charge is 0.250 e. The lowest BCUT2D eigenvalue weighted by atomic mass is 9.86. The summed E-state index contributed by atoms with van der Waals surface area (Å²) in [6, 6.07) is 12.8. The first kappa shape index (κ1) is 18.7. The van der Waals surface area contributed by atoms with Crippen LogP contribution in [0.3, 0.4) is 0 Å². The zero-order valence-electron chi connectivity index (χ0n) is 16.1. The molecule has 1 aliphatic heterocycles. The topological polar surface area (TPSA) is 32.3 Å². The number of amides is 1. The van der Waals surface area contributed by atoms with Gasteiger partial charge in [0.15, 0.2) is 0 Å². The SMILES string of the molecule is CC(=CC(=O)Nc1ccc(-c2ccc(C(C)(C)C)cc2)s1)N1CCCC1. The predicted molar refractivity (Wildman–Crippen MR) is 112 cm³/mol. The van der Waals surface area contributed by atoms with Gasteiger partial charge in [-0.1, -0.05) is 45.0 Å². The first-order valence-corrected chi connectivity index (χ1v) is 10.1. The minimum Gasteiger partial charge on any atom is -0.375 e. The number of thiophene rings is 1. The molecule has 0 aliphatic carbocycles. The van der Waals surface area contributed by atoms with Crippen LogP contribution in [0.5, 0.6) is 0 Å². The van der Waals surface area contributed by atoms with E-state index in [0.29, 0.717) is 0 Å².